The van der Waals surface area contributed by atoms with Crippen molar-refractivity contribution in [3.8, 4) is 5.75 Å². The standard InChI is InChI=1S/C22H23ClN2O3S/c1-28-18-9-7-17(8-10-18)25-19(26)15-29-22(25)11-13-24(14-12-22)21(27)20(23)16-5-3-2-4-6-16/h2-10,20H,11-15H2,1H3/t20-/m1/s1. The topological polar surface area (TPSA) is 49.9 Å². The van der Waals surface area contributed by atoms with E-state index in [1.54, 1.807) is 18.9 Å². The van der Waals surface area contributed by atoms with Gasteiger partial charge in [0, 0.05) is 18.8 Å². The molecule has 152 valence electrons. The molecule has 2 aromatic carbocycles. The molecule has 0 unspecified atom stereocenters. The second kappa shape index (κ2) is 8.28. The number of hydrogen-bond acceptors (Lipinski definition) is 4. The van der Waals surface area contributed by atoms with Gasteiger partial charge in [0.05, 0.1) is 17.7 Å². The van der Waals surface area contributed by atoms with Gasteiger partial charge in [-0.25, -0.2) is 0 Å². The highest BCUT2D eigenvalue weighted by Crippen LogP contribution is 2.47. The van der Waals surface area contributed by atoms with Gasteiger partial charge < -0.3 is 9.64 Å². The summed E-state index contributed by atoms with van der Waals surface area (Å²) in [5, 5.41) is -0.680. The number of anilines is 1. The van der Waals surface area contributed by atoms with Crippen molar-refractivity contribution in [1.29, 1.82) is 0 Å². The average molecular weight is 431 g/mol. The van der Waals surface area contributed by atoms with E-state index in [2.05, 4.69) is 0 Å². The quantitative estimate of drug-likeness (QED) is 0.686. The highest BCUT2D eigenvalue weighted by molar-refractivity contribution is 8.02. The first-order valence-corrected chi connectivity index (χ1v) is 11.1. The van der Waals surface area contributed by atoms with E-state index >= 15 is 0 Å². The molecule has 2 fully saturated rings. The van der Waals surface area contributed by atoms with E-state index in [0.717, 1.165) is 29.8 Å². The SMILES string of the molecule is COc1ccc(N2C(=O)CSC23CCN(C(=O)[C@H](Cl)c2ccccc2)CC3)cc1. The first-order chi connectivity index (χ1) is 14.0. The molecule has 0 aliphatic carbocycles. The number of hydrogen-bond donors (Lipinski definition) is 0. The number of amides is 2. The number of thioether (sulfide) groups is 1. The van der Waals surface area contributed by atoms with Crippen LogP contribution >= 0.6 is 23.4 Å². The number of nitrogens with zero attached hydrogens (tertiary/aromatic N) is 2. The number of rotatable bonds is 4. The van der Waals surface area contributed by atoms with E-state index < -0.39 is 5.38 Å². The Morgan fingerprint density at radius 3 is 2.38 bits per heavy atom. The van der Waals surface area contributed by atoms with Crippen LogP contribution in [0.2, 0.25) is 0 Å². The fraction of sp³-hybridized carbons (Fsp3) is 0.364. The third-order valence-corrected chi connectivity index (χ3v) is 7.58. The maximum atomic E-state index is 12.9. The molecule has 2 aliphatic heterocycles. The molecule has 2 aromatic rings. The lowest BCUT2D eigenvalue weighted by Gasteiger charge is -2.44. The first-order valence-electron chi connectivity index (χ1n) is 9.63. The van der Waals surface area contributed by atoms with Crippen molar-refractivity contribution in [1.82, 2.24) is 4.90 Å². The van der Waals surface area contributed by atoms with Gasteiger partial charge in [0.2, 0.25) is 11.8 Å². The molecular weight excluding hydrogens is 408 g/mol. The number of carbonyl (C=O) groups is 2. The zero-order valence-corrected chi connectivity index (χ0v) is 17.8. The molecule has 4 rings (SSSR count). The number of carbonyl (C=O) groups excluding carboxylic acids is 2. The molecule has 0 aromatic heterocycles. The Hall–Kier alpha value is -2.18. The van der Waals surface area contributed by atoms with E-state index in [1.165, 1.54) is 0 Å². The minimum atomic E-state index is -0.680. The summed E-state index contributed by atoms with van der Waals surface area (Å²) in [6.45, 7) is 1.17. The molecule has 0 saturated carbocycles. The summed E-state index contributed by atoms with van der Waals surface area (Å²) in [6, 6.07) is 17.0. The number of likely N-dealkylation sites (tertiary alicyclic amines) is 1. The smallest absolute Gasteiger partial charge is 0.245 e. The minimum absolute atomic E-state index is 0.0713. The molecule has 2 aliphatic rings. The maximum Gasteiger partial charge on any atom is 0.245 e. The van der Waals surface area contributed by atoms with Crippen molar-refractivity contribution < 1.29 is 14.3 Å². The summed E-state index contributed by atoms with van der Waals surface area (Å²) in [4.78, 5) is 29.0. The van der Waals surface area contributed by atoms with Crippen LogP contribution in [0.1, 0.15) is 23.8 Å². The molecule has 7 heteroatoms. The molecule has 5 nitrogen and oxygen atoms in total. The Morgan fingerprint density at radius 2 is 1.76 bits per heavy atom. The second-order valence-electron chi connectivity index (χ2n) is 7.26. The van der Waals surface area contributed by atoms with Gasteiger partial charge in [-0.2, -0.15) is 0 Å². The summed E-state index contributed by atoms with van der Waals surface area (Å²) in [5.41, 5.74) is 1.69. The fourth-order valence-corrected chi connectivity index (χ4v) is 5.64. The molecule has 1 atom stereocenters. The van der Waals surface area contributed by atoms with Gasteiger partial charge in [-0.3, -0.25) is 14.5 Å². The molecule has 29 heavy (non-hydrogen) atoms. The number of benzene rings is 2. The van der Waals surface area contributed by atoms with Crippen LogP contribution in [-0.2, 0) is 9.59 Å². The van der Waals surface area contributed by atoms with Crippen molar-refractivity contribution >= 4 is 40.9 Å². The predicted molar refractivity (Wildman–Crippen MR) is 117 cm³/mol. The first kappa shape index (κ1) is 20.1. The van der Waals surface area contributed by atoms with Crippen molar-refractivity contribution in [3.05, 3.63) is 60.2 Å². The van der Waals surface area contributed by atoms with Crippen LogP contribution in [0, 0.1) is 0 Å². The van der Waals surface area contributed by atoms with Crippen molar-refractivity contribution in [3.63, 3.8) is 0 Å². The minimum Gasteiger partial charge on any atom is -0.497 e. The van der Waals surface area contributed by atoms with E-state index in [4.69, 9.17) is 16.3 Å². The van der Waals surface area contributed by atoms with E-state index in [0.29, 0.717) is 18.8 Å². The molecular formula is C22H23ClN2O3S. The van der Waals surface area contributed by atoms with Crippen LogP contribution in [0.15, 0.2) is 54.6 Å². The zero-order valence-electron chi connectivity index (χ0n) is 16.2. The number of alkyl halides is 1. The monoisotopic (exact) mass is 430 g/mol. The van der Waals surface area contributed by atoms with Crippen molar-refractivity contribution in [2.45, 2.75) is 23.1 Å². The Kier molecular flexibility index (Phi) is 5.74. The largest absolute Gasteiger partial charge is 0.497 e. The second-order valence-corrected chi connectivity index (χ2v) is 9.03. The molecule has 1 spiro atoms. The van der Waals surface area contributed by atoms with Gasteiger partial charge in [0.25, 0.3) is 0 Å². The number of ether oxygens (including phenoxy) is 1. The Balaban J connectivity index is 1.48. The maximum absolute atomic E-state index is 12.9. The number of methoxy groups -OCH3 is 1. The van der Waals surface area contributed by atoms with Crippen LogP contribution in [0.4, 0.5) is 5.69 Å². The Labute approximate surface area is 180 Å². The lowest BCUT2D eigenvalue weighted by Crippen LogP contribution is -2.53. The van der Waals surface area contributed by atoms with E-state index in [1.807, 2.05) is 64.4 Å². The van der Waals surface area contributed by atoms with Gasteiger partial charge in [0.1, 0.15) is 11.1 Å². The highest BCUT2D eigenvalue weighted by Gasteiger charge is 2.49. The van der Waals surface area contributed by atoms with Crippen LogP contribution in [0.5, 0.6) is 5.75 Å². The van der Waals surface area contributed by atoms with Gasteiger partial charge in [0.15, 0.2) is 0 Å². The van der Waals surface area contributed by atoms with Crippen LogP contribution < -0.4 is 9.64 Å². The van der Waals surface area contributed by atoms with Crippen molar-refractivity contribution in [2.24, 2.45) is 0 Å². The van der Waals surface area contributed by atoms with Crippen LogP contribution in [0.25, 0.3) is 0 Å². The van der Waals surface area contributed by atoms with Gasteiger partial charge in [-0.05, 0) is 42.7 Å². The molecule has 2 saturated heterocycles. The fourth-order valence-electron chi connectivity index (χ4n) is 4.03. The molecule has 0 N–H and O–H groups in total. The summed E-state index contributed by atoms with van der Waals surface area (Å²) >= 11 is 8.12. The predicted octanol–water partition coefficient (Wildman–Crippen LogP) is 4.07. The molecule has 0 radical (unpaired) electrons. The molecule has 2 heterocycles. The lowest BCUT2D eigenvalue weighted by atomic mass is 10.00. The van der Waals surface area contributed by atoms with Crippen LogP contribution in [0.3, 0.4) is 0 Å². The summed E-state index contributed by atoms with van der Waals surface area (Å²) in [5.74, 6) is 1.26. The Morgan fingerprint density at radius 1 is 1.10 bits per heavy atom. The highest BCUT2D eigenvalue weighted by atomic mass is 35.5. The summed E-state index contributed by atoms with van der Waals surface area (Å²) in [7, 11) is 1.62. The van der Waals surface area contributed by atoms with E-state index in [9.17, 15) is 9.59 Å². The normalized spacial score (nSPS) is 19.4. The molecule has 2 amide bonds. The average Bonchev–Trinajstić information content (AvgIpc) is 3.09. The number of halogens is 1. The Bertz CT molecular complexity index is 883. The molecule has 0 bridgehead atoms. The van der Waals surface area contributed by atoms with Gasteiger partial charge in [-0.1, -0.05) is 30.3 Å². The van der Waals surface area contributed by atoms with Crippen LogP contribution in [-0.4, -0.2) is 47.5 Å². The zero-order chi connectivity index (χ0) is 20.4. The summed E-state index contributed by atoms with van der Waals surface area (Å²) < 4.78 is 5.23. The number of piperidine rings is 1. The van der Waals surface area contributed by atoms with Crippen molar-refractivity contribution in [2.75, 3.05) is 30.9 Å². The lowest BCUT2D eigenvalue weighted by molar-refractivity contribution is -0.132. The summed E-state index contributed by atoms with van der Waals surface area (Å²) in [6.07, 6.45) is 1.44. The third kappa shape index (κ3) is 3.83. The van der Waals surface area contributed by atoms with E-state index in [-0.39, 0.29) is 16.7 Å². The third-order valence-electron chi connectivity index (χ3n) is 5.62. The van der Waals surface area contributed by atoms with Gasteiger partial charge >= 0.3 is 0 Å². The van der Waals surface area contributed by atoms with Gasteiger partial charge in [-0.15, -0.1) is 23.4 Å².